The molecule has 1 rings (SSSR count). The van der Waals surface area contributed by atoms with Crippen molar-refractivity contribution in [3.63, 3.8) is 0 Å². The third kappa shape index (κ3) is 7.03. The molecule has 0 amide bonds. The molecule has 1 saturated heterocycles. The lowest BCUT2D eigenvalue weighted by Gasteiger charge is -2.13. The maximum atomic E-state index is 2.38. The Hall–Kier alpha value is -0.0800. The van der Waals surface area contributed by atoms with Crippen LogP contribution in [-0.2, 0) is 0 Å². The highest BCUT2D eigenvalue weighted by Gasteiger charge is 2.03. The summed E-state index contributed by atoms with van der Waals surface area (Å²) in [6.45, 7) is 12.8. The van der Waals surface area contributed by atoms with Gasteiger partial charge in [0.25, 0.3) is 0 Å². The van der Waals surface area contributed by atoms with Gasteiger partial charge in [0.15, 0.2) is 0 Å². The van der Waals surface area contributed by atoms with Gasteiger partial charge >= 0.3 is 0 Å². The van der Waals surface area contributed by atoms with Crippen LogP contribution < -0.4 is 0 Å². The fraction of sp³-hybridized carbons (Fsp3) is 1.00. The Balaban J connectivity index is 0.000000223. The Morgan fingerprint density at radius 3 is 1.38 bits per heavy atom. The van der Waals surface area contributed by atoms with E-state index in [4.69, 9.17) is 0 Å². The summed E-state index contributed by atoms with van der Waals surface area (Å²) < 4.78 is 0. The topological polar surface area (TPSA) is 6.48 Å². The van der Waals surface area contributed by atoms with Gasteiger partial charge in [-0.05, 0) is 52.6 Å². The van der Waals surface area contributed by atoms with Crippen LogP contribution in [0.5, 0.6) is 0 Å². The van der Waals surface area contributed by atoms with Crippen molar-refractivity contribution in [2.75, 3.05) is 39.8 Å². The molecule has 0 aromatic carbocycles. The third-order valence-electron chi connectivity index (χ3n) is 2.67. The van der Waals surface area contributed by atoms with Gasteiger partial charge in [-0.3, -0.25) is 0 Å². The van der Waals surface area contributed by atoms with Crippen LogP contribution in [0.4, 0.5) is 0 Å². The molecule has 1 aliphatic rings. The fourth-order valence-electron chi connectivity index (χ4n) is 1.55. The number of hydrogen-bond acceptors (Lipinski definition) is 2. The van der Waals surface area contributed by atoms with Crippen LogP contribution in [0.1, 0.15) is 33.6 Å². The fourth-order valence-corrected chi connectivity index (χ4v) is 1.55. The smallest absolute Gasteiger partial charge is 0.00213 e. The van der Waals surface area contributed by atoms with E-state index in [-0.39, 0.29) is 0 Å². The van der Waals surface area contributed by atoms with Gasteiger partial charge in [0.05, 0.1) is 0 Å². The number of hydrogen-bond donors (Lipinski definition) is 0. The van der Waals surface area contributed by atoms with Gasteiger partial charge in [0.1, 0.15) is 0 Å². The minimum Gasteiger partial charge on any atom is -0.306 e. The summed E-state index contributed by atoms with van der Waals surface area (Å²) in [4.78, 5) is 4.74. The maximum absolute atomic E-state index is 2.38. The van der Waals surface area contributed by atoms with Crippen LogP contribution >= 0.6 is 0 Å². The van der Waals surface area contributed by atoms with Crippen molar-refractivity contribution in [1.29, 1.82) is 0 Å². The summed E-state index contributed by atoms with van der Waals surface area (Å²) in [6, 6.07) is 0. The molecule has 0 aromatic heterocycles. The zero-order chi connectivity index (χ0) is 10.1. The molecule has 2 nitrogen and oxygen atoms in total. The Morgan fingerprint density at radius 1 is 0.923 bits per heavy atom. The van der Waals surface area contributed by atoms with Crippen molar-refractivity contribution in [3.05, 3.63) is 0 Å². The Morgan fingerprint density at radius 2 is 1.31 bits per heavy atom. The molecule has 0 bridgehead atoms. The SMILES string of the molecule is CCN(CC)CC.CN1CCCC1. The summed E-state index contributed by atoms with van der Waals surface area (Å²) >= 11 is 0. The van der Waals surface area contributed by atoms with Gasteiger partial charge < -0.3 is 9.80 Å². The van der Waals surface area contributed by atoms with Gasteiger partial charge in [0, 0.05) is 0 Å². The summed E-state index contributed by atoms with van der Waals surface area (Å²) in [5, 5.41) is 0. The first-order valence-corrected chi connectivity index (χ1v) is 5.65. The van der Waals surface area contributed by atoms with E-state index in [1.807, 2.05) is 0 Å². The molecule has 2 heteroatoms. The van der Waals surface area contributed by atoms with Crippen LogP contribution in [0.15, 0.2) is 0 Å². The van der Waals surface area contributed by atoms with Crippen molar-refractivity contribution in [2.45, 2.75) is 33.6 Å². The van der Waals surface area contributed by atoms with E-state index in [1.165, 1.54) is 45.6 Å². The van der Waals surface area contributed by atoms with Gasteiger partial charge in [-0.25, -0.2) is 0 Å². The quantitative estimate of drug-likeness (QED) is 0.665. The zero-order valence-corrected chi connectivity index (χ0v) is 9.84. The molecule has 0 N–H and O–H groups in total. The second kappa shape index (κ2) is 8.52. The summed E-state index contributed by atoms with van der Waals surface area (Å²) in [6.07, 6.45) is 2.83. The monoisotopic (exact) mass is 186 g/mol. The van der Waals surface area contributed by atoms with E-state index in [0.717, 1.165) is 0 Å². The Labute approximate surface area is 83.9 Å². The Kier molecular flexibility index (Phi) is 8.46. The minimum atomic E-state index is 1.19. The lowest BCUT2D eigenvalue weighted by atomic mass is 10.4. The summed E-state index contributed by atoms with van der Waals surface area (Å²) in [5.41, 5.74) is 0. The standard InChI is InChI=1S/C6H15N.C5H11N/c1-4-7(5-2)6-3;1-6-4-2-3-5-6/h4-6H2,1-3H3;2-5H2,1H3. The minimum absolute atomic E-state index is 1.19. The van der Waals surface area contributed by atoms with E-state index in [0.29, 0.717) is 0 Å². The van der Waals surface area contributed by atoms with Gasteiger partial charge in [-0.2, -0.15) is 0 Å². The van der Waals surface area contributed by atoms with E-state index < -0.39 is 0 Å². The molecule has 0 spiro atoms. The summed E-state index contributed by atoms with van der Waals surface area (Å²) in [5.74, 6) is 0. The van der Waals surface area contributed by atoms with Gasteiger partial charge in [-0.15, -0.1) is 0 Å². The summed E-state index contributed by atoms with van der Waals surface area (Å²) in [7, 11) is 2.17. The van der Waals surface area contributed by atoms with Crippen molar-refractivity contribution in [1.82, 2.24) is 9.80 Å². The van der Waals surface area contributed by atoms with Crippen LogP contribution in [0.3, 0.4) is 0 Å². The van der Waals surface area contributed by atoms with E-state index in [1.54, 1.807) is 0 Å². The van der Waals surface area contributed by atoms with Crippen LogP contribution in [0.2, 0.25) is 0 Å². The highest BCUT2D eigenvalue weighted by Crippen LogP contribution is 2.02. The van der Waals surface area contributed by atoms with Crippen molar-refractivity contribution >= 4 is 0 Å². The van der Waals surface area contributed by atoms with Gasteiger partial charge in [0.2, 0.25) is 0 Å². The predicted molar refractivity (Wildman–Crippen MR) is 60.2 cm³/mol. The average Bonchev–Trinajstić information content (AvgIpc) is 2.60. The molecule has 0 aliphatic carbocycles. The van der Waals surface area contributed by atoms with Crippen LogP contribution in [0, 0.1) is 0 Å². The molecule has 80 valence electrons. The second-order valence-corrected chi connectivity index (χ2v) is 3.63. The molecule has 0 saturated carbocycles. The van der Waals surface area contributed by atoms with Crippen molar-refractivity contribution in [2.24, 2.45) is 0 Å². The third-order valence-corrected chi connectivity index (χ3v) is 2.67. The first kappa shape index (κ1) is 12.9. The molecule has 0 atom stereocenters. The number of likely N-dealkylation sites (tertiary alicyclic amines) is 1. The largest absolute Gasteiger partial charge is 0.306 e. The molecular weight excluding hydrogens is 160 g/mol. The first-order chi connectivity index (χ1) is 6.24. The van der Waals surface area contributed by atoms with E-state index >= 15 is 0 Å². The molecule has 1 aliphatic heterocycles. The molecular formula is C11H26N2. The maximum Gasteiger partial charge on any atom is -0.00213 e. The van der Waals surface area contributed by atoms with Gasteiger partial charge in [-0.1, -0.05) is 20.8 Å². The van der Waals surface area contributed by atoms with Crippen LogP contribution in [0.25, 0.3) is 0 Å². The van der Waals surface area contributed by atoms with E-state index in [2.05, 4.69) is 37.6 Å². The predicted octanol–water partition coefficient (Wildman–Crippen LogP) is 2.06. The molecule has 1 fully saturated rings. The highest BCUT2D eigenvalue weighted by atomic mass is 15.1. The molecule has 0 unspecified atom stereocenters. The van der Waals surface area contributed by atoms with Crippen LogP contribution in [-0.4, -0.2) is 49.6 Å². The first-order valence-electron chi connectivity index (χ1n) is 5.65. The van der Waals surface area contributed by atoms with E-state index in [9.17, 15) is 0 Å². The Bertz CT molecular complexity index is 88.8. The highest BCUT2D eigenvalue weighted by molar-refractivity contribution is 4.59. The lowest BCUT2D eigenvalue weighted by molar-refractivity contribution is 0.321. The molecule has 13 heavy (non-hydrogen) atoms. The zero-order valence-electron chi connectivity index (χ0n) is 9.84. The van der Waals surface area contributed by atoms with Crippen molar-refractivity contribution in [3.8, 4) is 0 Å². The molecule has 0 radical (unpaired) electrons. The normalized spacial score (nSPS) is 17.3. The molecule has 1 heterocycles. The average molecular weight is 186 g/mol. The van der Waals surface area contributed by atoms with Crippen molar-refractivity contribution < 1.29 is 0 Å². The number of rotatable bonds is 3. The lowest BCUT2D eigenvalue weighted by Crippen LogP contribution is -2.21. The number of nitrogens with zero attached hydrogens (tertiary/aromatic N) is 2. The second-order valence-electron chi connectivity index (χ2n) is 3.63. The molecule has 0 aromatic rings.